The van der Waals surface area contributed by atoms with E-state index in [4.69, 9.17) is 0 Å². The van der Waals surface area contributed by atoms with E-state index < -0.39 is 0 Å². The number of amides is 1. The third-order valence-corrected chi connectivity index (χ3v) is 5.23. The van der Waals surface area contributed by atoms with Gasteiger partial charge in [-0.1, -0.05) is 24.3 Å². The molecule has 0 radical (unpaired) electrons. The number of carbonyl (C=O) groups excluding carboxylic acids is 1. The molecule has 1 aliphatic heterocycles. The van der Waals surface area contributed by atoms with E-state index in [0.29, 0.717) is 13.0 Å². The molecule has 1 aromatic carbocycles. The molecule has 1 saturated heterocycles. The number of aromatic nitrogens is 3. The van der Waals surface area contributed by atoms with Crippen molar-refractivity contribution in [2.24, 2.45) is 0 Å². The maximum atomic E-state index is 13.3. The van der Waals surface area contributed by atoms with Crippen LogP contribution in [0, 0.1) is 0 Å². The number of halogens is 1. The van der Waals surface area contributed by atoms with Crippen LogP contribution in [0.4, 0.5) is 0 Å². The molecule has 1 atom stereocenters. The molecule has 0 bridgehead atoms. The normalized spacial score (nSPS) is 16.9. The van der Waals surface area contributed by atoms with Crippen LogP contribution in [0.5, 0.6) is 0 Å². The Kier molecular flexibility index (Phi) is 7.01. The van der Waals surface area contributed by atoms with Crippen LogP contribution >= 0.6 is 12.4 Å². The summed E-state index contributed by atoms with van der Waals surface area (Å²) in [4.78, 5) is 19.8. The highest BCUT2D eigenvalue weighted by molar-refractivity contribution is 5.87. The molecule has 7 heteroatoms. The van der Waals surface area contributed by atoms with Crippen LogP contribution in [0.15, 0.2) is 48.7 Å². The lowest BCUT2D eigenvalue weighted by atomic mass is 10.1. The number of benzene rings is 1. The highest BCUT2D eigenvalue weighted by atomic mass is 35.5. The molecule has 2 N–H and O–H groups in total. The molecule has 28 heavy (non-hydrogen) atoms. The van der Waals surface area contributed by atoms with Crippen molar-refractivity contribution in [3.63, 3.8) is 0 Å². The average Bonchev–Trinajstić information content (AvgIpc) is 2.92. The Bertz CT molecular complexity index is 890. The third-order valence-electron chi connectivity index (χ3n) is 5.23. The molecule has 4 rings (SSSR count). The van der Waals surface area contributed by atoms with Crippen LogP contribution in [0.1, 0.15) is 30.7 Å². The van der Waals surface area contributed by atoms with E-state index in [1.54, 1.807) is 6.20 Å². The van der Waals surface area contributed by atoms with Crippen LogP contribution in [0.3, 0.4) is 0 Å². The number of fused-ring (bicyclic) bond motifs is 1. The molecule has 1 amide bonds. The van der Waals surface area contributed by atoms with Crippen molar-refractivity contribution in [1.29, 1.82) is 0 Å². The monoisotopic (exact) mass is 399 g/mol. The van der Waals surface area contributed by atoms with Gasteiger partial charge >= 0.3 is 0 Å². The lowest BCUT2D eigenvalue weighted by molar-refractivity contribution is -0.133. The molecule has 1 fully saturated rings. The Morgan fingerprint density at radius 3 is 2.82 bits per heavy atom. The van der Waals surface area contributed by atoms with E-state index in [2.05, 4.69) is 20.5 Å². The molecule has 2 aromatic heterocycles. The fourth-order valence-electron chi connectivity index (χ4n) is 3.80. The van der Waals surface area contributed by atoms with Gasteiger partial charge in [0, 0.05) is 17.6 Å². The van der Waals surface area contributed by atoms with Crippen molar-refractivity contribution in [2.75, 3.05) is 13.1 Å². The van der Waals surface area contributed by atoms with Crippen molar-refractivity contribution in [3.05, 3.63) is 60.0 Å². The first kappa shape index (κ1) is 20.3. The predicted molar refractivity (Wildman–Crippen MR) is 112 cm³/mol. The zero-order valence-electron chi connectivity index (χ0n) is 15.8. The second kappa shape index (κ2) is 9.66. The number of hydrogen-bond acceptors (Lipinski definition) is 4. The van der Waals surface area contributed by atoms with Crippen LogP contribution in [0.2, 0.25) is 0 Å². The van der Waals surface area contributed by atoms with Gasteiger partial charge in [-0.3, -0.25) is 14.9 Å². The number of hydrogen-bond donors (Lipinski definition) is 2. The van der Waals surface area contributed by atoms with Crippen molar-refractivity contribution in [1.82, 2.24) is 25.4 Å². The Hall–Kier alpha value is -2.44. The SMILES string of the molecule is Cl.O=C(Cc1[nH]nc2ccccc12)N(Cc1ccccn1)C1CCCNCC1. The minimum Gasteiger partial charge on any atom is -0.333 e. The van der Waals surface area contributed by atoms with Crippen molar-refractivity contribution >= 4 is 29.2 Å². The van der Waals surface area contributed by atoms with Gasteiger partial charge in [-0.15, -0.1) is 12.4 Å². The summed E-state index contributed by atoms with van der Waals surface area (Å²) in [7, 11) is 0. The van der Waals surface area contributed by atoms with Crippen molar-refractivity contribution in [3.8, 4) is 0 Å². The summed E-state index contributed by atoms with van der Waals surface area (Å²) in [6, 6.07) is 14.0. The molecule has 0 spiro atoms. The van der Waals surface area contributed by atoms with Crippen molar-refractivity contribution in [2.45, 2.75) is 38.3 Å². The molecular weight excluding hydrogens is 374 g/mol. The summed E-state index contributed by atoms with van der Waals surface area (Å²) in [5, 5.41) is 11.8. The first-order valence-electron chi connectivity index (χ1n) is 9.63. The number of aromatic amines is 1. The highest BCUT2D eigenvalue weighted by Gasteiger charge is 2.26. The van der Waals surface area contributed by atoms with Gasteiger partial charge < -0.3 is 10.2 Å². The Balaban J connectivity index is 0.00000225. The second-order valence-electron chi connectivity index (χ2n) is 7.07. The molecule has 1 unspecified atom stereocenters. The molecule has 148 valence electrons. The zero-order chi connectivity index (χ0) is 18.5. The van der Waals surface area contributed by atoms with Gasteiger partial charge in [0.1, 0.15) is 0 Å². The first-order chi connectivity index (χ1) is 13.3. The fraction of sp³-hybridized carbons (Fsp3) is 0.381. The van der Waals surface area contributed by atoms with Gasteiger partial charge in [-0.05, 0) is 50.6 Å². The van der Waals surface area contributed by atoms with E-state index in [1.807, 2.05) is 47.4 Å². The topological polar surface area (TPSA) is 73.9 Å². The third kappa shape index (κ3) is 4.69. The van der Waals surface area contributed by atoms with E-state index in [-0.39, 0.29) is 24.4 Å². The van der Waals surface area contributed by atoms with Crippen LogP contribution in [0.25, 0.3) is 10.9 Å². The lowest BCUT2D eigenvalue weighted by Crippen LogP contribution is -2.41. The smallest absolute Gasteiger partial charge is 0.229 e. The number of nitrogens with one attached hydrogen (secondary N) is 2. The van der Waals surface area contributed by atoms with Gasteiger partial charge in [0.15, 0.2) is 0 Å². The predicted octanol–water partition coefficient (Wildman–Crippen LogP) is 3.09. The molecule has 0 aliphatic carbocycles. The van der Waals surface area contributed by atoms with Crippen LogP contribution < -0.4 is 5.32 Å². The van der Waals surface area contributed by atoms with Gasteiger partial charge in [-0.25, -0.2) is 0 Å². The Morgan fingerprint density at radius 2 is 1.96 bits per heavy atom. The van der Waals surface area contributed by atoms with Crippen LogP contribution in [-0.4, -0.2) is 45.1 Å². The summed E-state index contributed by atoms with van der Waals surface area (Å²) in [5.74, 6) is 0.127. The summed E-state index contributed by atoms with van der Waals surface area (Å²) < 4.78 is 0. The number of pyridine rings is 1. The Labute approximate surface area is 171 Å². The second-order valence-corrected chi connectivity index (χ2v) is 7.07. The van der Waals surface area contributed by atoms with Gasteiger partial charge in [0.25, 0.3) is 0 Å². The number of carbonyl (C=O) groups is 1. The molecular formula is C21H26ClN5O. The van der Waals surface area contributed by atoms with Gasteiger partial charge in [0.2, 0.25) is 5.91 Å². The van der Waals surface area contributed by atoms with Gasteiger partial charge in [0.05, 0.1) is 29.9 Å². The standard InChI is InChI=1S/C21H25N5O.ClH/c27-21(14-20-18-8-1-2-9-19(18)24-25-20)26(15-16-6-3-4-12-23-16)17-7-5-11-22-13-10-17;/h1-4,6,8-9,12,17,22H,5,7,10-11,13-15H2,(H,24,25);1H. The van der Waals surface area contributed by atoms with E-state index in [0.717, 1.165) is 54.6 Å². The average molecular weight is 400 g/mol. The number of H-pyrrole nitrogens is 1. The highest BCUT2D eigenvalue weighted by Crippen LogP contribution is 2.20. The minimum atomic E-state index is 0. The van der Waals surface area contributed by atoms with Gasteiger partial charge in [-0.2, -0.15) is 5.10 Å². The summed E-state index contributed by atoms with van der Waals surface area (Å²) in [6.07, 6.45) is 5.20. The zero-order valence-corrected chi connectivity index (χ0v) is 16.6. The largest absolute Gasteiger partial charge is 0.333 e. The van der Waals surface area contributed by atoms with E-state index >= 15 is 0 Å². The maximum absolute atomic E-state index is 13.3. The number of para-hydroxylation sites is 1. The minimum absolute atomic E-state index is 0. The molecule has 3 aromatic rings. The quantitative estimate of drug-likeness (QED) is 0.691. The summed E-state index contributed by atoms with van der Waals surface area (Å²) in [6.45, 7) is 2.52. The molecule has 0 saturated carbocycles. The van der Waals surface area contributed by atoms with E-state index in [1.165, 1.54) is 0 Å². The first-order valence-corrected chi connectivity index (χ1v) is 9.63. The number of nitrogens with zero attached hydrogens (tertiary/aromatic N) is 3. The maximum Gasteiger partial charge on any atom is 0.229 e. The van der Waals surface area contributed by atoms with E-state index in [9.17, 15) is 4.79 Å². The van der Waals surface area contributed by atoms with Crippen molar-refractivity contribution < 1.29 is 4.79 Å². The molecule has 3 heterocycles. The molecule has 1 aliphatic rings. The lowest BCUT2D eigenvalue weighted by Gasteiger charge is -2.31. The Morgan fingerprint density at radius 1 is 1.11 bits per heavy atom. The summed E-state index contributed by atoms with van der Waals surface area (Å²) in [5.41, 5.74) is 2.71. The molecule has 6 nitrogen and oxygen atoms in total. The van der Waals surface area contributed by atoms with Crippen LogP contribution in [-0.2, 0) is 17.8 Å². The summed E-state index contributed by atoms with van der Waals surface area (Å²) >= 11 is 0. The number of rotatable bonds is 5. The fourth-order valence-corrected chi connectivity index (χ4v) is 3.80.